The molecule has 1 N–H and O–H groups in total. The Morgan fingerprint density at radius 3 is 2.85 bits per heavy atom. The van der Waals surface area contributed by atoms with E-state index in [0.717, 1.165) is 24.0 Å². The topological polar surface area (TPSA) is 41.6 Å². The first-order valence-corrected chi connectivity index (χ1v) is 5.18. The van der Waals surface area contributed by atoms with Crippen molar-refractivity contribution in [3.8, 4) is 0 Å². The Labute approximate surface area is 78.0 Å². The monoisotopic (exact) mass is 177 g/mol. The summed E-state index contributed by atoms with van der Waals surface area (Å²) in [5, 5.41) is 7.36. The Bertz CT molecular complexity index is 321. The standard InChI is InChI=1S/C10H15N3/c1-10(4-5-10)9-11-8(12-13-9)6-7-2-3-7/h7H,2-6H2,1H3,(H,11,12,13). The van der Waals surface area contributed by atoms with Crippen LogP contribution in [0.2, 0.25) is 0 Å². The van der Waals surface area contributed by atoms with Gasteiger partial charge in [-0.05, 0) is 31.6 Å². The maximum atomic E-state index is 4.56. The van der Waals surface area contributed by atoms with Crippen molar-refractivity contribution in [2.75, 3.05) is 0 Å². The summed E-state index contributed by atoms with van der Waals surface area (Å²) in [5.41, 5.74) is 0.318. The minimum atomic E-state index is 0.318. The Kier molecular flexibility index (Phi) is 1.35. The third-order valence-electron chi connectivity index (χ3n) is 3.25. The minimum absolute atomic E-state index is 0.318. The van der Waals surface area contributed by atoms with Gasteiger partial charge in [0.1, 0.15) is 5.82 Å². The van der Waals surface area contributed by atoms with E-state index in [0.29, 0.717) is 5.41 Å². The Morgan fingerprint density at radius 1 is 1.46 bits per heavy atom. The average Bonchev–Trinajstić information content (AvgIpc) is 2.97. The van der Waals surface area contributed by atoms with Gasteiger partial charge in [-0.25, -0.2) is 4.98 Å². The van der Waals surface area contributed by atoms with Crippen molar-refractivity contribution in [2.24, 2.45) is 5.92 Å². The number of rotatable bonds is 3. The summed E-state index contributed by atoms with van der Waals surface area (Å²) in [4.78, 5) is 4.56. The lowest BCUT2D eigenvalue weighted by atomic mass is 10.1. The summed E-state index contributed by atoms with van der Waals surface area (Å²) < 4.78 is 0. The molecular formula is C10H15N3. The lowest BCUT2D eigenvalue weighted by Crippen LogP contribution is -2.02. The highest BCUT2D eigenvalue weighted by Gasteiger charge is 2.43. The van der Waals surface area contributed by atoms with E-state index in [9.17, 15) is 0 Å². The highest BCUT2D eigenvalue weighted by Crippen LogP contribution is 2.45. The highest BCUT2D eigenvalue weighted by molar-refractivity contribution is 5.15. The maximum Gasteiger partial charge on any atom is 0.156 e. The molecule has 2 fully saturated rings. The van der Waals surface area contributed by atoms with Crippen LogP contribution in [0.3, 0.4) is 0 Å². The van der Waals surface area contributed by atoms with Crippen LogP contribution in [-0.4, -0.2) is 15.2 Å². The molecule has 0 saturated heterocycles. The van der Waals surface area contributed by atoms with Gasteiger partial charge >= 0.3 is 0 Å². The quantitative estimate of drug-likeness (QED) is 0.765. The number of hydrogen-bond acceptors (Lipinski definition) is 2. The first-order valence-electron chi connectivity index (χ1n) is 5.18. The third kappa shape index (κ3) is 1.36. The molecule has 1 aromatic rings. The van der Waals surface area contributed by atoms with E-state index in [1.54, 1.807) is 0 Å². The zero-order valence-corrected chi connectivity index (χ0v) is 8.01. The van der Waals surface area contributed by atoms with E-state index in [2.05, 4.69) is 22.1 Å². The number of H-pyrrole nitrogens is 1. The molecule has 0 spiro atoms. The van der Waals surface area contributed by atoms with Gasteiger partial charge in [0.2, 0.25) is 0 Å². The van der Waals surface area contributed by atoms with Crippen molar-refractivity contribution >= 4 is 0 Å². The van der Waals surface area contributed by atoms with Crippen LogP contribution in [0.4, 0.5) is 0 Å². The van der Waals surface area contributed by atoms with E-state index >= 15 is 0 Å². The Balaban J connectivity index is 1.76. The van der Waals surface area contributed by atoms with Crippen molar-refractivity contribution < 1.29 is 0 Å². The summed E-state index contributed by atoms with van der Waals surface area (Å²) in [6, 6.07) is 0. The molecule has 0 radical (unpaired) electrons. The van der Waals surface area contributed by atoms with Gasteiger partial charge in [0.15, 0.2) is 5.82 Å². The summed E-state index contributed by atoms with van der Waals surface area (Å²) in [7, 11) is 0. The normalized spacial score (nSPS) is 24.7. The molecule has 1 heterocycles. The molecule has 2 aliphatic rings. The van der Waals surface area contributed by atoms with Gasteiger partial charge in [-0.3, -0.25) is 5.10 Å². The summed E-state index contributed by atoms with van der Waals surface area (Å²) in [6.07, 6.45) is 6.39. The molecule has 0 bridgehead atoms. The smallest absolute Gasteiger partial charge is 0.156 e. The van der Waals surface area contributed by atoms with Gasteiger partial charge in [0, 0.05) is 11.8 Å². The first-order chi connectivity index (χ1) is 6.26. The van der Waals surface area contributed by atoms with E-state index in [-0.39, 0.29) is 0 Å². The molecule has 1 aromatic heterocycles. The van der Waals surface area contributed by atoms with Gasteiger partial charge in [0.25, 0.3) is 0 Å². The molecule has 2 aliphatic carbocycles. The largest absolute Gasteiger partial charge is 0.263 e. The zero-order chi connectivity index (χ0) is 8.89. The van der Waals surface area contributed by atoms with Crippen LogP contribution in [-0.2, 0) is 11.8 Å². The van der Waals surface area contributed by atoms with E-state index in [4.69, 9.17) is 0 Å². The predicted molar refractivity (Wildman–Crippen MR) is 49.4 cm³/mol. The second-order valence-electron chi connectivity index (χ2n) is 4.81. The van der Waals surface area contributed by atoms with Crippen LogP contribution < -0.4 is 0 Å². The first kappa shape index (κ1) is 7.54. The molecule has 0 aromatic carbocycles. The predicted octanol–water partition coefficient (Wildman–Crippen LogP) is 1.81. The van der Waals surface area contributed by atoms with E-state index in [1.807, 2.05) is 0 Å². The molecule has 0 unspecified atom stereocenters. The second-order valence-corrected chi connectivity index (χ2v) is 4.81. The molecule has 13 heavy (non-hydrogen) atoms. The molecule has 70 valence electrons. The fourth-order valence-electron chi connectivity index (χ4n) is 1.66. The molecule has 0 aliphatic heterocycles. The van der Waals surface area contributed by atoms with E-state index < -0.39 is 0 Å². The molecular weight excluding hydrogens is 162 g/mol. The van der Waals surface area contributed by atoms with Gasteiger partial charge in [0.05, 0.1) is 0 Å². The van der Waals surface area contributed by atoms with Crippen molar-refractivity contribution in [3.63, 3.8) is 0 Å². The summed E-state index contributed by atoms with van der Waals surface area (Å²) in [5.74, 6) is 3.04. The molecule has 3 heteroatoms. The number of nitrogens with one attached hydrogen (secondary N) is 1. The molecule has 3 nitrogen and oxygen atoms in total. The fraction of sp³-hybridized carbons (Fsp3) is 0.800. The molecule has 3 rings (SSSR count). The van der Waals surface area contributed by atoms with Crippen LogP contribution in [0.1, 0.15) is 44.3 Å². The molecule has 0 atom stereocenters. The van der Waals surface area contributed by atoms with Crippen LogP contribution in [0.25, 0.3) is 0 Å². The fourth-order valence-corrected chi connectivity index (χ4v) is 1.66. The Morgan fingerprint density at radius 2 is 2.23 bits per heavy atom. The maximum absolute atomic E-state index is 4.56. The number of aromatic amines is 1. The Hall–Kier alpha value is -0.860. The molecule has 0 amide bonds. The second kappa shape index (κ2) is 2.34. The van der Waals surface area contributed by atoms with Gasteiger partial charge in [-0.1, -0.05) is 6.92 Å². The number of aromatic nitrogens is 3. The SMILES string of the molecule is CC1(c2n[nH]c(CC3CC3)n2)CC1. The lowest BCUT2D eigenvalue weighted by Gasteiger charge is -1.98. The van der Waals surface area contributed by atoms with Crippen molar-refractivity contribution in [1.82, 2.24) is 15.2 Å². The van der Waals surface area contributed by atoms with Crippen LogP contribution >= 0.6 is 0 Å². The number of nitrogens with zero attached hydrogens (tertiary/aromatic N) is 2. The van der Waals surface area contributed by atoms with Crippen molar-refractivity contribution in [1.29, 1.82) is 0 Å². The zero-order valence-electron chi connectivity index (χ0n) is 8.01. The third-order valence-corrected chi connectivity index (χ3v) is 3.25. The van der Waals surface area contributed by atoms with Gasteiger partial charge in [-0.2, -0.15) is 5.10 Å². The van der Waals surface area contributed by atoms with Crippen LogP contribution in [0.15, 0.2) is 0 Å². The van der Waals surface area contributed by atoms with E-state index in [1.165, 1.54) is 25.7 Å². The highest BCUT2D eigenvalue weighted by atomic mass is 15.2. The van der Waals surface area contributed by atoms with Crippen LogP contribution in [0.5, 0.6) is 0 Å². The van der Waals surface area contributed by atoms with Crippen molar-refractivity contribution in [3.05, 3.63) is 11.6 Å². The number of hydrogen-bond donors (Lipinski definition) is 1. The summed E-state index contributed by atoms with van der Waals surface area (Å²) >= 11 is 0. The summed E-state index contributed by atoms with van der Waals surface area (Å²) in [6.45, 7) is 2.25. The van der Waals surface area contributed by atoms with Gasteiger partial charge in [-0.15, -0.1) is 0 Å². The minimum Gasteiger partial charge on any atom is -0.263 e. The van der Waals surface area contributed by atoms with Gasteiger partial charge < -0.3 is 0 Å². The lowest BCUT2D eigenvalue weighted by molar-refractivity contribution is 0.712. The molecule has 2 saturated carbocycles. The van der Waals surface area contributed by atoms with Crippen molar-refractivity contribution in [2.45, 2.75) is 44.4 Å². The van der Waals surface area contributed by atoms with Crippen LogP contribution in [0, 0.1) is 5.92 Å². The average molecular weight is 177 g/mol.